The number of nitrogen functional groups attached to an aromatic ring is 1. The lowest BCUT2D eigenvalue weighted by atomic mass is 10.1. The fourth-order valence-electron chi connectivity index (χ4n) is 1.02. The third kappa shape index (κ3) is 4.97. The highest BCUT2D eigenvalue weighted by molar-refractivity contribution is 5.85. The molecule has 0 aromatic heterocycles. The summed E-state index contributed by atoms with van der Waals surface area (Å²) in [7, 11) is 0. The maximum absolute atomic E-state index is 5.61. The average Bonchev–Trinajstić information content (AvgIpc) is 2.03. The second-order valence-electron chi connectivity index (χ2n) is 3.60. The molecule has 1 rings (SSSR count). The van der Waals surface area contributed by atoms with Gasteiger partial charge in [-0.15, -0.1) is 12.4 Å². The van der Waals surface area contributed by atoms with Crippen LogP contribution in [0.4, 0.5) is 5.69 Å². The predicted octanol–water partition coefficient (Wildman–Crippen LogP) is 3.12. The largest absolute Gasteiger partial charge is 0.494 e. The van der Waals surface area contributed by atoms with Crippen molar-refractivity contribution in [1.82, 2.24) is 0 Å². The lowest BCUT2D eigenvalue weighted by Gasteiger charge is -2.07. The minimum atomic E-state index is 0. The number of halogens is 1. The summed E-state index contributed by atoms with van der Waals surface area (Å²) in [5.74, 6) is 1.54. The van der Waals surface area contributed by atoms with E-state index in [-0.39, 0.29) is 12.4 Å². The predicted molar refractivity (Wildman–Crippen MR) is 63.1 cm³/mol. The van der Waals surface area contributed by atoms with Gasteiger partial charge in [0.1, 0.15) is 5.75 Å². The van der Waals surface area contributed by atoms with Gasteiger partial charge in [-0.25, -0.2) is 0 Å². The normalized spacial score (nSPS) is 9.64. The molecule has 0 saturated heterocycles. The Balaban J connectivity index is 0.00000169. The van der Waals surface area contributed by atoms with Crippen molar-refractivity contribution >= 4 is 18.1 Å². The molecule has 0 aliphatic rings. The maximum Gasteiger partial charge on any atom is 0.121 e. The number of benzene rings is 1. The Hall–Kier alpha value is -0.890. The van der Waals surface area contributed by atoms with Gasteiger partial charge in [-0.1, -0.05) is 19.9 Å². The van der Waals surface area contributed by atoms with Crippen molar-refractivity contribution in [2.24, 2.45) is 5.92 Å². The summed E-state index contributed by atoms with van der Waals surface area (Å²) in [4.78, 5) is 0. The van der Waals surface area contributed by atoms with Crippen molar-refractivity contribution in [2.75, 3.05) is 12.3 Å². The topological polar surface area (TPSA) is 35.2 Å². The first-order chi connectivity index (χ1) is 6.18. The van der Waals surface area contributed by atoms with Crippen LogP contribution in [0.3, 0.4) is 0 Å². The third-order valence-electron chi connectivity index (χ3n) is 1.82. The monoisotopic (exact) mass is 215 g/mol. The van der Waals surface area contributed by atoms with E-state index in [4.69, 9.17) is 10.5 Å². The second-order valence-corrected chi connectivity index (χ2v) is 3.60. The molecular weight excluding hydrogens is 198 g/mol. The lowest BCUT2D eigenvalue weighted by molar-refractivity contribution is 0.289. The minimum Gasteiger partial charge on any atom is -0.494 e. The van der Waals surface area contributed by atoms with Crippen LogP contribution in [-0.2, 0) is 0 Å². The Morgan fingerprint density at radius 3 is 2.64 bits per heavy atom. The van der Waals surface area contributed by atoms with Gasteiger partial charge in [-0.05, 0) is 24.5 Å². The number of nitrogens with two attached hydrogens (primary N) is 1. The highest BCUT2D eigenvalue weighted by atomic mass is 35.5. The molecule has 3 heteroatoms. The molecule has 2 nitrogen and oxygen atoms in total. The van der Waals surface area contributed by atoms with Crippen LogP contribution in [0.1, 0.15) is 20.3 Å². The Bertz CT molecular complexity index is 263. The SMILES string of the molecule is CC(C)CCOc1cccc(N)c1.Cl. The van der Waals surface area contributed by atoms with E-state index in [1.54, 1.807) is 0 Å². The summed E-state index contributed by atoms with van der Waals surface area (Å²) in [6.07, 6.45) is 1.08. The molecule has 80 valence electrons. The van der Waals surface area contributed by atoms with Crippen molar-refractivity contribution in [3.05, 3.63) is 24.3 Å². The number of anilines is 1. The fourth-order valence-corrected chi connectivity index (χ4v) is 1.02. The Morgan fingerprint density at radius 1 is 1.36 bits per heavy atom. The molecule has 0 fully saturated rings. The molecule has 0 aliphatic carbocycles. The van der Waals surface area contributed by atoms with Gasteiger partial charge in [-0.3, -0.25) is 0 Å². The molecule has 0 aliphatic heterocycles. The first-order valence-electron chi connectivity index (χ1n) is 4.67. The van der Waals surface area contributed by atoms with Crippen molar-refractivity contribution < 1.29 is 4.74 Å². The van der Waals surface area contributed by atoms with E-state index < -0.39 is 0 Å². The summed E-state index contributed by atoms with van der Waals surface area (Å²) in [5, 5.41) is 0. The van der Waals surface area contributed by atoms with Crippen molar-refractivity contribution in [1.29, 1.82) is 0 Å². The van der Waals surface area contributed by atoms with E-state index in [1.165, 1.54) is 0 Å². The second kappa shape index (κ2) is 6.55. The molecule has 2 N–H and O–H groups in total. The third-order valence-corrected chi connectivity index (χ3v) is 1.82. The van der Waals surface area contributed by atoms with Crippen LogP contribution in [0.25, 0.3) is 0 Å². The average molecular weight is 216 g/mol. The summed E-state index contributed by atoms with van der Waals surface area (Å²) in [6.45, 7) is 5.13. The molecule has 0 bridgehead atoms. The fraction of sp³-hybridized carbons (Fsp3) is 0.455. The lowest BCUT2D eigenvalue weighted by Crippen LogP contribution is -2.01. The van der Waals surface area contributed by atoms with E-state index in [1.807, 2.05) is 24.3 Å². The molecular formula is C11H18ClNO. The molecule has 0 radical (unpaired) electrons. The zero-order valence-corrected chi connectivity index (χ0v) is 9.51. The van der Waals surface area contributed by atoms with E-state index in [2.05, 4.69) is 13.8 Å². The highest BCUT2D eigenvalue weighted by Gasteiger charge is 1.96. The van der Waals surface area contributed by atoms with Gasteiger partial charge < -0.3 is 10.5 Å². The van der Waals surface area contributed by atoms with E-state index in [0.29, 0.717) is 5.92 Å². The first kappa shape index (κ1) is 13.1. The van der Waals surface area contributed by atoms with Crippen LogP contribution >= 0.6 is 12.4 Å². The number of ether oxygens (including phenoxy) is 1. The summed E-state index contributed by atoms with van der Waals surface area (Å²) in [5.41, 5.74) is 6.36. The minimum absolute atomic E-state index is 0. The molecule has 0 saturated carbocycles. The molecule has 1 aromatic carbocycles. The molecule has 1 aromatic rings. The van der Waals surface area contributed by atoms with Gasteiger partial charge in [-0.2, -0.15) is 0 Å². The number of hydrogen-bond acceptors (Lipinski definition) is 2. The summed E-state index contributed by atoms with van der Waals surface area (Å²) >= 11 is 0. The number of rotatable bonds is 4. The smallest absolute Gasteiger partial charge is 0.121 e. The van der Waals surface area contributed by atoms with Gasteiger partial charge in [0.2, 0.25) is 0 Å². The van der Waals surface area contributed by atoms with Crippen molar-refractivity contribution in [3.8, 4) is 5.75 Å². The standard InChI is InChI=1S/C11H17NO.ClH/c1-9(2)6-7-13-11-5-3-4-10(12)8-11;/h3-5,8-9H,6-7,12H2,1-2H3;1H. The van der Waals surface area contributed by atoms with Crippen LogP contribution in [0.15, 0.2) is 24.3 Å². The van der Waals surface area contributed by atoms with E-state index >= 15 is 0 Å². The first-order valence-corrected chi connectivity index (χ1v) is 4.67. The van der Waals surface area contributed by atoms with Crippen LogP contribution in [0.2, 0.25) is 0 Å². The van der Waals surface area contributed by atoms with Gasteiger partial charge in [0.15, 0.2) is 0 Å². The Morgan fingerprint density at radius 2 is 2.07 bits per heavy atom. The zero-order valence-electron chi connectivity index (χ0n) is 8.69. The highest BCUT2D eigenvalue weighted by Crippen LogP contribution is 2.15. The molecule has 0 unspecified atom stereocenters. The quantitative estimate of drug-likeness (QED) is 0.784. The summed E-state index contributed by atoms with van der Waals surface area (Å²) in [6, 6.07) is 7.53. The van der Waals surface area contributed by atoms with Crippen molar-refractivity contribution in [3.63, 3.8) is 0 Å². The molecule has 14 heavy (non-hydrogen) atoms. The van der Waals surface area contributed by atoms with Crippen molar-refractivity contribution in [2.45, 2.75) is 20.3 Å². The molecule has 0 atom stereocenters. The van der Waals surface area contributed by atoms with Gasteiger partial charge in [0, 0.05) is 11.8 Å². The van der Waals surface area contributed by atoms with Gasteiger partial charge in [0.05, 0.1) is 6.61 Å². The van der Waals surface area contributed by atoms with Crippen LogP contribution in [-0.4, -0.2) is 6.61 Å². The van der Waals surface area contributed by atoms with Crippen LogP contribution < -0.4 is 10.5 Å². The molecule has 0 heterocycles. The van der Waals surface area contributed by atoms with E-state index in [9.17, 15) is 0 Å². The van der Waals surface area contributed by atoms with E-state index in [0.717, 1.165) is 24.5 Å². The zero-order chi connectivity index (χ0) is 9.68. The van der Waals surface area contributed by atoms with Crippen LogP contribution in [0.5, 0.6) is 5.75 Å². The Kier molecular flexibility index (Phi) is 6.13. The Labute approximate surface area is 91.9 Å². The molecule has 0 amide bonds. The van der Waals surface area contributed by atoms with Crippen LogP contribution in [0, 0.1) is 5.92 Å². The van der Waals surface area contributed by atoms with Gasteiger partial charge in [0.25, 0.3) is 0 Å². The molecule has 0 spiro atoms. The van der Waals surface area contributed by atoms with Gasteiger partial charge >= 0.3 is 0 Å². The maximum atomic E-state index is 5.61. The number of hydrogen-bond donors (Lipinski definition) is 1. The summed E-state index contributed by atoms with van der Waals surface area (Å²) < 4.78 is 5.52.